The number of nitrogens with one attached hydrogen (secondary N) is 1. The maximum absolute atomic E-state index is 4.52. The van der Waals surface area contributed by atoms with E-state index in [1.54, 1.807) is 0 Å². The standard InChI is InChI=1S/C15H28N4/c1-4-16-15-17-13(2)12-19(15)11-7-10-18-9-6-5-8-14(18)3/h12,14H,4-11H2,1-3H3,(H,16,17). The predicted molar refractivity (Wildman–Crippen MR) is 80.6 cm³/mol. The van der Waals surface area contributed by atoms with E-state index in [4.69, 9.17) is 0 Å². The maximum Gasteiger partial charge on any atom is 0.203 e. The molecule has 108 valence electrons. The van der Waals surface area contributed by atoms with Gasteiger partial charge in [-0.3, -0.25) is 0 Å². The van der Waals surface area contributed by atoms with Gasteiger partial charge in [-0.05, 0) is 46.6 Å². The minimum Gasteiger partial charge on any atom is -0.356 e. The summed E-state index contributed by atoms with van der Waals surface area (Å²) in [5.41, 5.74) is 1.10. The quantitative estimate of drug-likeness (QED) is 0.857. The zero-order chi connectivity index (χ0) is 13.7. The number of anilines is 1. The van der Waals surface area contributed by atoms with Gasteiger partial charge in [0, 0.05) is 31.9 Å². The van der Waals surface area contributed by atoms with Crippen molar-refractivity contribution in [2.24, 2.45) is 0 Å². The SMILES string of the molecule is CCNc1nc(C)cn1CCCN1CCCCC1C. The van der Waals surface area contributed by atoms with E-state index < -0.39 is 0 Å². The van der Waals surface area contributed by atoms with E-state index in [0.717, 1.165) is 30.8 Å². The highest BCUT2D eigenvalue weighted by molar-refractivity contribution is 5.28. The molecule has 0 amide bonds. The Balaban J connectivity index is 1.81. The number of imidazole rings is 1. The van der Waals surface area contributed by atoms with Crippen molar-refractivity contribution >= 4 is 5.95 Å². The van der Waals surface area contributed by atoms with Crippen molar-refractivity contribution in [3.05, 3.63) is 11.9 Å². The van der Waals surface area contributed by atoms with Gasteiger partial charge < -0.3 is 14.8 Å². The monoisotopic (exact) mass is 264 g/mol. The maximum atomic E-state index is 4.52. The van der Waals surface area contributed by atoms with Crippen LogP contribution in [-0.4, -0.2) is 40.1 Å². The number of aromatic nitrogens is 2. The summed E-state index contributed by atoms with van der Waals surface area (Å²) >= 11 is 0. The highest BCUT2D eigenvalue weighted by Gasteiger charge is 2.17. The summed E-state index contributed by atoms with van der Waals surface area (Å²) in [6, 6.07) is 0.770. The smallest absolute Gasteiger partial charge is 0.203 e. The molecule has 1 aliphatic heterocycles. The molecule has 19 heavy (non-hydrogen) atoms. The van der Waals surface area contributed by atoms with Crippen LogP contribution in [0.3, 0.4) is 0 Å². The summed E-state index contributed by atoms with van der Waals surface area (Å²) in [6.07, 6.45) is 7.50. The highest BCUT2D eigenvalue weighted by atomic mass is 15.2. The molecule has 1 unspecified atom stereocenters. The minimum absolute atomic E-state index is 0.770. The summed E-state index contributed by atoms with van der Waals surface area (Å²) < 4.78 is 2.26. The molecule has 0 aromatic carbocycles. The molecule has 1 aromatic heterocycles. The molecule has 2 heterocycles. The van der Waals surface area contributed by atoms with Crippen LogP contribution in [0.1, 0.15) is 45.2 Å². The van der Waals surface area contributed by atoms with Crippen LogP contribution in [0.4, 0.5) is 5.95 Å². The second-order valence-corrected chi connectivity index (χ2v) is 5.66. The minimum atomic E-state index is 0.770. The van der Waals surface area contributed by atoms with E-state index in [0.29, 0.717) is 0 Å². The normalized spacial score (nSPS) is 20.7. The second kappa shape index (κ2) is 6.94. The Morgan fingerprint density at radius 2 is 2.21 bits per heavy atom. The number of piperidine rings is 1. The van der Waals surface area contributed by atoms with Gasteiger partial charge in [-0.25, -0.2) is 4.98 Å². The fourth-order valence-electron chi connectivity index (χ4n) is 2.95. The molecule has 1 aromatic rings. The van der Waals surface area contributed by atoms with E-state index in [-0.39, 0.29) is 0 Å². The van der Waals surface area contributed by atoms with Crippen LogP contribution in [0.5, 0.6) is 0 Å². The molecule has 4 heteroatoms. The molecule has 0 spiro atoms. The molecule has 0 aliphatic carbocycles. The number of aryl methyl sites for hydroxylation is 2. The summed E-state index contributed by atoms with van der Waals surface area (Å²) in [7, 11) is 0. The molecule has 0 radical (unpaired) electrons. The van der Waals surface area contributed by atoms with Crippen molar-refractivity contribution in [3.63, 3.8) is 0 Å². The summed E-state index contributed by atoms with van der Waals surface area (Å²) in [6.45, 7) is 11.0. The van der Waals surface area contributed by atoms with Gasteiger partial charge in [0.1, 0.15) is 0 Å². The summed E-state index contributed by atoms with van der Waals surface area (Å²) in [5, 5.41) is 3.33. The van der Waals surface area contributed by atoms with Gasteiger partial charge >= 0.3 is 0 Å². The Morgan fingerprint density at radius 1 is 1.37 bits per heavy atom. The van der Waals surface area contributed by atoms with E-state index >= 15 is 0 Å². The Bertz CT molecular complexity index is 385. The molecular weight excluding hydrogens is 236 g/mol. The number of likely N-dealkylation sites (tertiary alicyclic amines) is 1. The van der Waals surface area contributed by atoms with Gasteiger partial charge in [0.25, 0.3) is 0 Å². The second-order valence-electron chi connectivity index (χ2n) is 5.66. The first-order valence-corrected chi connectivity index (χ1v) is 7.72. The van der Waals surface area contributed by atoms with Crippen LogP contribution >= 0.6 is 0 Å². The number of nitrogens with zero attached hydrogens (tertiary/aromatic N) is 3. The Labute approximate surface area is 117 Å². The average Bonchev–Trinajstić information content (AvgIpc) is 2.73. The van der Waals surface area contributed by atoms with E-state index in [1.165, 1.54) is 38.8 Å². The topological polar surface area (TPSA) is 33.1 Å². The molecule has 1 N–H and O–H groups in total. The average molecular weight is 264 g/mol. The molecule has 4 nitrogen and oxygen atoms in total. The van der Waals surface area contributed by atoms with Gasteiger partial charge in [-0.2, -0.15) is 0 Å². The molecule has 1 atom stereocenters. The van der Waals surface area contributed by atoms with E-state index in [1.807, 2.05) is 0 Å². The predicted octanol–water partition coefficient (Wildman–Crippen LogP) is 2.89. The lowest BCUT2D eigenvalue weighted by Crippen LogP contribution is -2.38. The third-order valence-electron chi connectivity index (χ3n) is 4.02. The Kier molecular flexibility index (Phi) is 5.25. The first-order chi connectivity index (χ1) is 9.20. The third kappa shape index (κ3) is 3.96. The fraction of sp³-hybridized carbons (Fsp3) is 0.800. The van der Waals surface area contributed by atoms with Crippen LogP contribution in [0, 0.1) is 6.92 Å². The molecule has 0 bridgehead atoms. The van der Waals surface area contributed by atoms with Crippen molar-refractivity contribution in [2.75, 3.05) is 25.0 Å². The van der Waals surface area contributed by atoms with Crippen LogP contribution in [0.2, 0.25) is 0 Å². The Morgan fingerprint density at radius 3 is 2.95 bits per heavy atom. The van der Waals surface area contributed by atoms with Gasteiger partial charge in [-0.15, -0.1) is 0 Å². The molecule has 1 fully saturated rings. The summed E-state index contributed by atoms with van der Waals surface area (Å²) in [4.78, 5) is 7.16. The van der Waals surface area contributed by atoms with Crippen LogP contribution < -0.4 is 5.32 Å². The zero-order valence-corrected chi connectivity index (χ0v) is 12.7. The van der Waals surface area contributed by atoms with Crippen molar-refractivity contribution in [2.45, 2.75) is 59.0 Å². The van der Waals surface area contributed by atoms with Crippen molar-refractivity contribution < 1.29 is 0 Å². The van der Waals surface area contributed by atoms with Crippen LogP contribution in [0.15, 0.2) is 6.20 Å². The van der Waals surface area contributed by atoms with Crippen molar-refractivity contribution in [1.29, 1.82) is 0 Å². The Hall–Kier alpha value is -1.03. The van der Waals surface area contributed by atoms with E-state index in [2.05, 4.69) is 46.7 Å². The van der Waals surface area contributed by atoms with E-state index in [9.17, 15) is 0 Å². The molecule has 1 saturated heterocycles. The lowest BCUT2D eigenvalue weighted by molar-refractivity contribution is 0.157. The fourth-order valence-corrected chi connectivity index (χ4v) is 2.95. The van der Waals surface area contributed by atoms with Gasteiger partial charge in [0.05, 0.1) is 5.69 Å². The number of hydrogen-bond donors (Lipinski definition) is 1. The summed E-state index contributed by atoms with van der Waals surface area (Å²) in [5.74, 6) is 1.02. The first-order valence-electron chi connectivity index (χ1n) is 7.72. The highest BCUT2D eigenvalue weighted by Crippen LogP contribution is 2.17. The van der Waals surface area contributed by atoms with Crippen LogP contribution in [0.25, 0.3) is 0 Å². The van der Waals surface area contributed by atoms with Crippen molar-refractivity contribution in [1.82, 2.24) is 14.5 Å². The first kappa shape index (κ1) is 14.4. The molecule has 2 rings (SSSR count). The third-order valence-corrected chi connectivity index (χ3v) is 4.02. The molecular formula is C15H28N4. The van der Waals surface area contributed by atoms with Gasteiger partial charge in [-0.1, -0.05) is 6.42 Å². The van der Waals surface area contributed by atoms with Gasteiger partial charge in [0.2, 0.25) is 5.95 Å². The number of hydrogen-bond acceptors (Lipinski definition) is 3. The molecule has 0 saturated carbocycles. The van der Waals surface area contributed by atoms with Gasteiger partial charge in [0.15, 0.2) is 0 Å². The molecule has 1 aliphatic rings. The largest absolute Gasteiger partial charge is 0.356 e. The van der Waals surface area contributed by atoms with Crippen molar-refractivity contribution in [3.8, 4) is 0 Å². The zero-order valence-electron chi connectivity index (χ0n) is 12.7. The van der Waals surface area contributed by atoms with Crippen LogP contribution in [-0.2, 0) is 6.54 Å². The lowest BCUT2D eigenvalue weighted by Gasteiger charge is -2.33. The lowest BCUT2D eigenvalue weighted by atomic mass is 10.0. The number of rotatable bonds is 6.